The van der Waals surface area contributed by atoms with Crippen molar-refractivity contribution >= 4 is 30.3 Å². The van der Waals surface area contributed by atoms with Gasteiger partial charge in [0.1, 0.15) is 11.6 Å². The van der Waals surface area contributed by atoms with E-state index in [4.69, 9.17) is 9.84 Å². The van der Waals surface area contributed by atoms with Crippen LogP contribution in [0.4, 0.5) is 0 Å². The van der Waals surface area contributed by atoms with Crippen LogP contribution in [-0.2, 0) is 19.1 Å². The van der Waals surface area contributed by atoms with Crippen molar-refractivity contribution in [2.45, 2.75) is 57.2 Å². The van der Waals surface area contributed by atoms with Crippen LogP contribution < -0.4 is 5.32 Å². The lowest BCUT2D eigenvalue weighted by atomic mass is 10.1. The number of nitrogens with zero attached hydrogens (tertiary/aromatic N) is 1. The minimum atomic E-state index is -0.973. The van der Waals surface area contributed by atoms with Crippen LogP contribution in [0.15, 0.2) is 0 Å². The maximum atomic E-state index is 12.4. The van der Waals surface area contributed by atoms with E-state index in [-0.39, 0.29) is 24.3 Å². The summed E-state index contributed by atoms with van der Waals surface area (Å²) in [6.07, 6.45) is 2.47. The number of carbonyl (C=O) groups excluding carboxylic acids is 2. The van der Waals surface area contributed by atoms with E-state index in [1.165, 1.54) is 4.90 Å². The highest BCUT2D eigenvalue weighted by Crippen LogP contribution is 2.37. The molecule has 7 nitrogen and oxygen atoms in total. The quantitative estimate of drug-likeness (QED) is 0.689. The number of likely N-dealkylation sites (tertiary alicyclic amines) is 1. The fourth-order valence-corrected chi connectivity index (χ4v) is 2.81. The molecule has 22 heavy (non-hydrogen) atoms. The Labute approximate surface area is 135 Å². The number of carboxylic acids is 1. The van der Waals surface area contributed by atoms with Gasteiger partial charge in [0.2, 0.25) is 5.91 Å². The number of rotatable bonds is 6. The van der Waals surface area contributed by atoms with Crippen LogP contribution in [0.5, 0.6) is 0 Å². The van der Waals surface area contributed by atoms with Gasteiger partial charge in [-0.15, -0.1) is 12.4 Å². The summed E-state index contributed by atoms with van der Waals surface area (Å²) < 4.78 is 5.01. The van der Waals surface area contributed by atoms with Crippen LogP contribution >= 0.6 is 12.4 Å². The third-order valence-corrected chi connectivity index (χ3v) is 4.10. The number of amides is 1. The van der Waals surface area contributed by atoms with E-state index >= 15 is 0 Å². The molecule has 0 aromatic carbocycles. The molecule has 2 aliphatic rings. The predicted octanol–water partition coefficient (Wildman–Crippen LogP) is 0.558. The molecule has 2 atom stereocenters. The van der Waals surface area contributed by atoms with E-state index in [9.17, 15) is 14.4 Å². The van der Waals surface area contributed by atoms with Crippen LogP contribution in [0.25, 0.3) is 0 Å². The fraction of sp³-hybridized carbons (Fsp3) is 0.786. The lowest BCUT2D eigenvalue weighted by Crippen LogP contribution is -2.54. The molecule has 1 aliphatic heterocycles. The first-order chi connectivity index (χ1) is 9.91. The van der Waals surface area contributed by atoms with E-state index in [0.29, 0.717) is 38.8 Å². The first-order valence-corrected chi connectivity index (χ1v) is 7.39. The molecule has 1 heterocycles. The molecular formula is C14H23ClN2O5. The Hall–Kier alpha value is -1.34. The van der Waals surface area contributed by atoms with Gasteiger partial charge in [0.25, 0.3) is 0 Å². The van der Waals surface area contributed by atoms with Gasteiger partial charge in [-0.3, -0.25) is 14.9 Å². The SMILES string of the molecule is CCOC(=O)C1(NC(C)C(=O)N2CCCC2C(=O)O)CC1.Cl. The highest BCUT2D eigenvalue weighted by molar-refractivity contribution is 5.89. The van der Waals surface area contributed by atoms with E-state index in [1.54, 1.807) is 13.8 Å². The highest BCUT2D eigenvalue weighted by Gasteiger charge is 2.53. The monoisotopic (exact) mass is 334 g/mol. The number of halogens is 1. The van der Waals surface area contributed by atoms with Crippen molar-refractivity contribution in [2.75, 3.05) is 13.2 Å². The molecule has 1 saturated heterocycles. The van der Waals surface area contributed by atoms with Gasteiger partial charge in [0, 0.05) is 6.54 Å². The van der Waals surface area contributed by atoms with Crippen LogP contribution in [0.3, 0.4) is 0 Å². The van der Waals surface area contributed by atoms with Crippen molar-refractivity contribution in [1.82, 2.24) is 10.2 Å². The van der Waals surface area contributed by atoms with Gasteiger partial charge in [-0.1, -0.05) is 0 Å². The number of aliphatic carboxylic acids is 1. The molecule has 0 aromatic rings. The van der Waals surface area contributed by atoms with E-state index in [1.807, 2.05) is 0 Å². The normalized spacial score (nSPS) is 23.4. The summed E-state index contributed by atoms with van der Waals surface area (Å²) in [7, 11) is 0. The average Bonchev–Trinajstić information content (AvgIpc) is 3.04. The van der Waals surface area contributed by atoms with Crippen molar-refractivity contribution < 1.29 is 24.2 Å². The number of ether oxygens (including phenoxy) is 1. The third kappa shape index (κ3) is 3.70. The van der Waals surface area contributed by atoms with Crippen LogP contribution in [-0.4, -0.2) is 58.6 Å². The Balaban J connectivity index is 0.00000242. The molecule has 0 bridgehead atoms. The van der Waals surface area contributed by atoms with E-state index in [0.717, 1.165) is 0 Å². The molecule has 1 saturated carbocycles. The summed E-state index contributed by atoms with van der Waals surface area (Å²) in [4.78, 5) is 36.8. The van der Waals surface area contributed by atoms with Gasteiger partial charge in [-0.05, 0) is 39.5 Å². The molecule has 2 N–H and O–H groups in total. The van der Waals surface area contributed by atoms with Crippen LogP contribution in [0.1, 0.15) is 39.5 Å². The lowest BCUT2D eigenvalue weighted by molar-refractivity contribution is -0.151. The summed E-state index contributed by atoms with van der Waals surface area (Å²) in [6, 6.07) is -1.35. The zero-order valence-corrected chi connectivity index (χ0v) is 13.6. The maximum Gasteiger partial charge on any atom is 0.326 e. The molecule has 2 rings (SSSR count). The number of carboxylic acid groups (broad SMARTS) is 1. The van der Waals surface area contributed by atoms with Crippen molar-refractivity contribution in [3.8, 4) is 0 Å². The number of hydrogen-bond donors (Lipinski definition) is 2. The summed E-state index contributed by atoms with van der Waals surface area (Å²) in [6.45, 7) is 4.16. The second kappa shape index (κ2) is 7.28. The Morgan fingerprint density at radius 1 is 1.41 bits per heavy atom. The Kier molecular flexibility index (Phi) is 6.19. The van der Waals surface area contributed by atoms with Crippen molar-refractivity contribution in [2.24, 2.45) is 0 Å². The molecule has 1 amide bonds. The number of nitrogens with one attached hydrogen (secondary N) is 1. The molecule has 126 valence electrons. The predicted molar refractivity (Wildman–Crippen MR) is 80.8 cm³/mol. The third-order valence-electron chi connectivity index (χ3n) is 4.10. The van der Waals surface area contributed by atoms with Crippen LogP contribution in [0, 0.1) is 0 Å². The molecule has 0 radical (unpaired) electrons. The molecule has 8 heteroatoms. The van der Waals surface area contributed by atoms with Crippen molar-refractivity contribution in [1.29, 1.82) is 0 Å². The molecule has 1 aliphatic carbocycles. The van der Waals surface area contributed by atoms with E-state index < -0.39 is 23.6 Å². The molecule has 0 spiro atoms. The summed E-state index contributed by atoms with van der Waals surface area (Å²) in [5, 5.41) is 12.2. The second-order valence-electron chi connectivity index (χ2n) is 5.70. The zero-order valence-electron chi connectivity index (χ0n) is 12.8. The molecule has 2 fully saturated rings. The largest absolute Gasteiger partial charge is 0.480 e. The topological polar surface area (TPSA) is 95.9 Å². The number of esters is 1. The van der Waals surface area contributed by atoms with Crippen molar-refractivity contribution in [3.05, 3.63) is 0 Å². The molecule has 0 aromatic heterocycles. The minimum Gasteiger partial charge on any atom is -0.480 e. The van der Waals surface area contributed by atoms with Gasteiger partial charge in [0.15, 0.2) is 0 Å². The number of hydrogen-bond acceptors (Lipinski definition) is 5. The smallest absolute Gasteiger partial charge is 0.326 e. The minimum absolute atomic E-state index is 0. The maximum absolute atomic E-state index is 12.4. The molecular weight excluding hydrogens is 312 g/mol. The summed E-state index contributed by atoms with van der Waals surface area (Å²) in [5.41, 5.74) is -0.760. The van der Waals surface area contributed by atoms with Gasteiger partial charge < -0.3 is 14.7 Å². The number of carbonyl (C=O) groups is 3. The Morgan fingerprint density at radius 2 is 2.05 bits per heavy atom. The zero-order chi connectivity index (χ0) is 15.6. The first-order valence-electron chi connectivity index (χ1n) is 7.39. The first kappa shape index (κ1) is 18.7. The summed E-state index contributed by atoms with van der Waals surface area (Å²) in [5.74, 6) is -1.57. The highest BCUT2D eigenvalue weighted by atomic mass is 35.5. The Morgan fingerprint density at radius 3 is 2.55 bits per heavy atom. The van der Waals surface area contributed by atoms with Crippen LogP contribution in [0.2, 0.25) is 0 Å². The molecule has 2 unspecified atom stereocenters. The van der Waals surface area contributed by atoms with Gasteiger partial charge in [0.05, 0.1) is 12.6 Å². The average molecular weight is 335 g/mol. The Bertz CT molecular complexity index is 453. The fourth-order valence-electron chi connectivity index (χ4n) is 2.81. The lowest BCUT2D eigenvalue weighted by Gasteiger charge is -2.27. The van der Waals surface area contributed by atoms with Crippen molar-refractivity contribution in [3.63, 3.8) is 0 Å². The van der Waals surface area contributed by atoms with E-state index in [2.05, 4.69) is 5.32 Å². The summed E-state index contributed by atoms with van der Waals surface area (Å²) >= 11 is 0. The van der Waals surface area contributed by atoms with Gasteiger partial charge in [-0.2, -0.15) is 0 Å². The van der Waals surface area contributed by atoms with Gasteiger partial charge in [-0.25, -0.2) is 4.79 Å². The standard InChI is InChI=1S/C14H22N2O5.ClH/c1-3-21-13(20)14(6-7-14)15-9(2)11(17)16-8-4-5-10(16)12(18)19;/h9-10,15H,3-8H2,1-2H3,(H,18,19);1H. The second-order valence-corrected chi connectivity index (χ2v) is 5.70. The van der Waals surface area contributed by atoms with Gasteiger partial charge >= 0.3 is 11.9 Å².